The van der Waals surface area contributed by atoms with Crippen LogP contribution >= 0.6 is 0 Å². The van der Waals surface area contributed by atoms with E-state index >= 15 is 0 Å². The molecule has 0 aliphatic heterocycles. The number of hydrogen-bond acceptors (Lipinski definition) is 4. The molecular weight excluding hydrogens is 392 g/mol. The van der Waals surface area contributed by atoms with Crippen molar-refractivity contribution in [1.82, 2.24) is 19.6 Å². The summed E-state index contributed by atoms with van der Waals surface area (Å²) >= 11 is 0. The molecule has 1 rings (SSSR count). The van der Waals surface area contributed by atoms with Crippen LogP contribution in [0.5, 0.6) is 0 Å². The van der Waals surface area contributed by atoms with Gasteiger partial charge in [-0.25, -0.2) is 0 Å². The Labute approximate surface area is 203 Å². The van der Waals surface area contributed by atoms with Crippen LogP contribution in [0.25, 0.3) is 0 Å². The first-order valence-corrected chi connectivity index (χ1v) is 14.6. The highest BCUT2D eigenvalue weighted by Crippen LogP contribution is 2.20. The molecule has 1 aliphatic carbocycles. The van der Waals surface area contributed by atoms with E-state index in [-0.39, 0.29) is 0 Å². The Morgan fingerprint density at radius 2 is 0.750 bits per heavy atom. The number of rotatable bonds is 15. The van der Waals surface area contributed by atoms with E-state index in [9.17, 15) is 0 Å². The highest BCUT2D eigenvalue weighted by Gasteiger charge is 2.18. The lowest BCUT2D eigenvalue weighted by molar-refractivity contribution is 0.132. The van der Waals surface area contributed by atoms with Gasteiger partial charge in [-0.3, -0.25) is 9.80 Å². The molecule has 192 valence electrons. The second-order valence-corrected chi connectivity index (χ2v) is 9.94. The van der Waals surface area contributed by atoms with Crippen molar-refractivity contribution in [3.8, 4) is 0 Å². The Kier molecular flexibility index (Phi) is 18.9. The van der Waals surface area contributed by atoms with Crippen molar-refractivity contribution in [2.75, 3.05) is 72.0 Å². The van der Waals surface area contributed by atoms with Crippen LogP contribution in [0.1, 0.15) is 105 Å². The molecule has 1 saturated carbocycles. The van der Waals surface area contributed by atoms with Gasteiger partial charge < -0.3 is 9.80 Å². The Bertz CT molecular complexity index is 367. The lowest BCUT2D eigenvalue weighted by Crippen LogP contribution is -2.45. The van der Waals surface area contributed by atoms with Crippen LogP contribution in [0.2, 0.25) is 0 Å². The SMILES string of the molecule is CCN(CC)CCN(CCN(CC)CC)CCN(CC)C1CCCCCCCCCCC1. The van der Waals surface area contributed by atoms with E-state index in [2.05, 4.69) is 54.2 Å². The van der Waals surface area contributed by atoms with Gasteiger partial charge in [-0.2, -0.15) is 0 Å². The highest BCUT2D eigenvalue weighted by atomic mass is 15.2. The van der Waals surface area contributed by atoms with Crippen LogP contribution in [-0.4, -0.2) is 97.6 Å². The molecule has 0 N–H and O–H groups in total. The van der Waals surface area contributed by atoms with Crippen molar-refractivity contribution in [1.29, 1.82) is 0 Å². The van der Waals surface area contributed by atoms with E-state index in [1.807, 2.05) is 0 Å². The molecule has 0 heterocycles. The predicted molar refractivity (Wildman–Crippen MR) is 144 cm³/mol. The van der Waals surface area contributed by atoms with Crippen molar-refractivity contribution in [2.24, 2.45) is 0 Å². The van der Waals surface area contributed by atoms with Gasteiger partial charge in [-0.1, -0.05) is 92.4 Å². The van der Waals surface area contributed by atoms with Crippen LogP contribution < -0.4 is 0 Å². The minimum absolute atomic E-state index is 0.812. The second kappa shape index (κ2) is 20.2. The third kappa shape index (κ3) is 13.5. The van der Waals surface area contributed by atoms with Gasteiger partial charge >= 0.3 is 0 Å². The first-order valence-electron chi connectivity index (χ1n) is 14.6. The molecule has 0 bridgehead atoms. The molecule has 0 saturated heterocycles. The van der Waals surface area contributed by atoms with Crippen molar-refractivity contribution in [3.05, 3.63) is 0 Å². The van der Waals surface area contributed by atoms with E-state index in [1.54, 1.807) is 0 Å². The smallest absolute Gasteiger partial charge is 0.0112 e. The van der Waals surface area contributed by atoms with E-state index in [0.29, 0.717) is 0 Å². The molecule has 0 radical (unpaired) electrons. The summed E-state index contributed by atoms with van der Waals surface area (Å²) in [4.78, 5) is 10.8. The molecule has 4 heteroatoms. The number of nitrogens with zero attached hydrogens (tertiary/aromatic N) is 4. The van der Waals surface area contributed by atoms with Crippen LogP contribution in [0.15, 0.2) is 0 Å². The van der Waals surface area contributed by atoms with Crippen LogP contribution in [0, 0.1) is 0 Å². The molecule has 1 fully saturated rings. The Morgan fingerprint density at radius 3 is 1.12 bits per heavy atom. The number of hydrogen-bond donors (Lipinski definition) is 0. The minimum atomic E-state index is 0.812. The van der Waals surface area contributed by atoms with E-state index < -0.39 is 0 Å². The summed E-state index contributed by atoms with van der Waals surface area (Å²) in [5.74, 6) is 0. The lowest BCUT2D eigenvalue weighted by Gasteiger charge is -2.34. The van der Waals surface area contributed by atoms with Gasteiger partial charge in [0.2, 0.25) is 0 Å². The average molecular weight is 453 g/mol. The van der Waals surface area contributed by atoms with E-state index in [4.69, 9.17) is 0 Å². The van der Waals surface area contributed by atoms with E-state index in [0.717, 1.165) is 6.04 Å². The van der Waals surface area contributed by atoms with Crippen LogP contribution in [0.4, 0.5) is 0 Å². The van der Waals surface area contributed by atoms with Gasteiger partial charge in [-0.15, -0.1) is 0 Å². The maximum atomic E-state index is 2.84. The summed E-state index contributed by atoms with van der Waals surface area (Å²) in [6.45, 7) is 24.8. The fourth-order valence-corrected chi connectivity index (χ4v) is 5.36. The Hall–Kier alpha value is -0.160. The normalized spacial score (nSPS) is 17.9. The molecule has 32 heavy (non-hydrogen) atoms. The third-order valence-electron chi connectivity index (χ3n) is 7.95. The summed E-state index contributed by atoms with van der Waals surface area (Å²) < 4.78 is 0. The first-order chi connectivity index (χ1) is 15.7. The fraction of sp³-hybridized carbons (Fsp3) is 1.00. The van der Waals surface area contributed by atoms with Gasteiger partial charge in [0.1, 0.15) is 0 Å². The molecular formula is C28H60N4. The van der Waals surface area contributed by atoms with Crippen LogP contribution in [-0.2, 0) is 0 Å². The molecule has 0 spiro atoms. The average Bonchev–Trinajstić information content (AvgIpc) is 2.81. The fourth-order valence-electron chi connectivity index (χ4n) is 5.36. The van der Waals surface area contributed by atoms with E-state index in [1.165, 1.54) is 143 Å². The minimum Gasteiger partial charge on any atom is -0.303 e. The summed E-state index contributed by atoms with van der Waals surface area (Å²) in [6, 6.07) is 0.812. The van der Waals surface area contributed by atoms with Gasteiger partial charge in [0.25, 0.3) is 0 Å². The Morgan fingerprint density at radius 1 is 0.406 bits per heavy atom. The number of likely N-dealkylation sites (N-methyl/N-ethyl adjacent to an activating group) is 3. The summed E-state index contributed by atoms with van der Waals surface area (Å²) in [6.07, 6.45) is 16.0. The van der Waals surface area contributed by atoms with Gasteiger partial charge in [0, 0.05) is 45.3 Å². The zero-order valence-corrected chi connectivity index (χ0v) is 22.9. The monoisotopic (exact) mass is 452 g/mol. The first kappa shape index (κ1) is 29.9. The molecule has 0 amide bonds. The lowest BCUT2D eigenvalue weighted by atomic mass is 9.97. The van der Waals surface area contributed by atoms with Crippen molar-refractivity contribution >= 4 is 0 Å². The second-order valence-electron chi connectivity index (χ2n) is 9.94. The zero-order chi connectivity index (χ0) is 23.4. The van der Waals surface area contributed by atoms with Crippen LogP contribution in [0.3, 0.4) is 0 Å². The molecule has 4 nitrogen and oxygen atoms in total. The maximum absolute atomic E-state index is 2.84. The summed E-state index contributed by atoms with van der Waals surface area (Å²) in [5.41, 5.74) is 0. The summed E-state index contributed by atoms with van der Waals surface area (Å²) in [5, 5.41) is 0. The zero-order valence-electron chi connectivity index (χ0n) is 22.9. The van der Waals surface area contributed by atoms with Crippen molar-refractivity contribution < 1.29 is 0 Å². The standard InChI is InChI=1S/C28H60N4/c1-6-29(7-2)22-24-31(25-23-30(8-3)9-4)26-27-32(10-5)28-20-18-16-14-12-11-13-15-17-19-21-28/h28H,6-27H2,1-5H3. The molecule has 1 aliphatic rings. The Balaban J connectivity index is 2.64. The summed E-state index contributed by atoms with van der Waals surface area (Å²) in [7, 11) is 0. The van der Waals surface area contributed by atoms with Crippen molar-refractivity contribution in [2.45, 2.75) is 111 Å². The maximum Gasteiger partial charge on any atom is 0.0112 e. The highest BCUT2D eigenvalue weighted by molar-refractivity contribution is 4.75. The van der Waals surface area contributed by atoms with Gasteiger partial charge in [0.05, 0.1) is 0 Å². The third-order valence-corrected chi connectivity index (χ3v) is 7.95. The largest absolute Gasteiger partial charge is 0.303 e. The molecule has 0 aromatic heterocycles. The molecule has 0 aromatic carbocycles. The molecule has 0 atom stereocenters. The quantitative estimate of drug-likeness (QED) is 0.303. The van der Waals surface area contributed by atoms with Gasteiger partial charge in [-0.05, 0) is 45.6 Å². The topological polar surface area (TPSA) is 13.0 Å². The molecule has 0 unspecified atom stereocenters. The predicted octanol–water partition coefficient (Wildman–Crippen LogP) is 5.97. The van der Waals surface area contributed by atoms with Gasteiger partial charge in [0.15, 0.2) is 0 Å². The van der Waals surface area contributed by atoms with Crippen molar-refractivity contribution in [3.63, 3.8) is 0 Å². The molecule has 0 aromatic rings.